The number of aromatic nitrogens is 4. The van der Waals surface area contributed by atoms with E-state index >= 15 is 0 Å². The second-order valence-electron chi connectivity index (χ2n) is 12.3. The lowest BCUT2D eigenvalue weighted by Crippen LogP contribution is -2.37. The molecule has 1 atom stereocenters. The highest BCUT2D eigenvalue weighted by Crippen LogP contribution is 2.53. The summed E-state index contributed by atoms with van der Waals surface area (Å²) < 4.78 is 43.3. The molecule has 1 unspecified atom stereocenters. The zero-order valence-corrected chi connectivity index (χ0v) is 25.7. The number of esters is 1. The summed E-state index contributed by atoms with van der Waals surface area (Å²) in [5.74, 6) is -0.782. The standard InChI is InChI=1S/C26H41N6O9P/c1-24(2,3)22(35)38-16-41-42(36,40-11-8-25(4,5)21(33)34)17-39-26(6-7-26)14-32-15-28-18-19(29-23(27)30-20(18)32)31-9-12-37-13-10-31/h15H,6-14,16-17H2,1-5H3,(H,33,34)(H2,27,29,30). The molecule has 3 heterocycles. The summed E-state index contributed by atoms with van der Waals surface area (Å²) >= 11 is 0. The van der Waals surface area contributed by atoms with Crippen molar-refractivity contribution in [3.63, 3.8) is 0 Å². The maximum Gasteiger partial charge on any atom is 0.359 e. The number of carboxylic acids is 1. The van der Waals surface area contributed by atoms with Gasteiger partial charge in [0.05, 0.1) is 49.1 Å². The molecule has 0 spiro atoms. The molecule has 0 aromatic carbocycles. The van der Waals surface area contributed by atoms with Gasteiger partial charge in [0.25, 0.3) is 0 Å². The summed E-state index contributed by atoms with van der Waals surface area (Å²) in [6.45, 7) is 10.2. The van der Waals surface area contributed by atoms with Crippen LogP contribution in [0.15, 0.2) is 6.33 Å². The molecule has 2 aromatic rings. The Bertz CT molecular complexity index is 1330. The van der Waals surface area contributed by atoms with Crippen LogP contribution < -0.4 is 10.6 Å². The van der Waals surface area contributed by atoms with Crippen LogP contribution in [0.3, 0.4) is 0 Å². The molecule has 4 rings (SSSR count). The molecular formula is C26H41N6O9P. The van der Waals surface area contributed by atoms with Crippen molar-refractivity contribution in [1.29, 1.82) is 0 Å². The molecular weight excluding hydrogens is 571 g/mol. The number of ether oxygens (including phenoxy) is 3. The average molecular weight is 613 g/mol. The summed E-state index contributed by atoms with van der Waals surface area (Å²) in [6.07, 6.45) is 2.66. The fourth-order valence-electron chi connectivity index (χ4n) is 4.11. The van der Waals surface area contributed by atoms with Gasteiger partial charge in [-0.25, -0.2) is 4.98 Å². The highest BCUT2D eigenvalue weighted by molar-refractivity contribution is 7.53. The van der Waals surface area contributed by atoms with Crippen LogP contribution in [-0.2, 0) is 44.0 Å². The third-order valence-electron chi connectivity index (χ3n) is 7.21. The van der Waals surface area contributed by atoms with Crippen molar-refractivity contribution in [2.45, 2.75) is 66.0 Å². The number of imidazole rings is 1. The molecule has 234 valence electrons. The fraction of sp³-hybridized carbons (Fsp3) is 0.731. The third kappa shape index (κ3) is 7.95. The first kappa shape index (κ1) is 32.1. The number of nitrogen functional groups attached to an aromatic ring is 1. The minimum absolute atomic E-state index is 0.0796. The van der Waals surface area contributed by atoms with E-state index in [1.165, 1.54) is 0 Å². The van der Waals surface area contributed by atoms with Crippen LogP contribution in [-0.4, -0.2) is 88.2 Å². The smallest absolute Gasteiger partial charge is 0.359 e. The molecule has 0 bridgehead atoms. The Morgan fingerprint density at radius 3 is 2.45 bits per heavy atom. The summed E-state index contributed by atoms with van der Waals surface area (Å²) in [6, 6.07) is 0. The molecule has 3 N–H and O–H groups in total. The Hall–Kier alpha value is -2.84. The van der Waals surface area contributed by atoms with Crippen LogP contribution in [0.25, 0.3) is 11.2 Å². The first-order valence-electron chi connectivity index (χ1n) is 13.9. The third-order valence-corrected chi connectivity index (χ3v) is 8.73. The maximum atomic E-state index is 13.7. The Kier molecular flexibility index (Phi) is 9.48. The van der Waals surface area contributed by atoms with Crippen molar-refractivity contribution in [2.75, 3.05) is 56.7 Å². The van der Waals surface area contributed by atoms with E-state index in [1.54, 1.807) is 40.9 Å². The van der Waals surface area contributed by atoms with Gasteiger partial charge < -0.3 is 39.0 Å². The van der Waals surface area contributed by atoms with Gasteiger partial charge in [0.15, 0.2) is 17.0 Å². The number of fused-ring (bicyclic) bond motifs is 1. The van der Waals surface area contributed by atoms with Crippen LogP contribution in [0.1, 0.15) is 53.9 Å². The topological polar surface area (TPSA) is 190 Å². The SMILES string of the molecule is CC(C)(C)C(=O)OCOP(=O)(COC1(Cn2cnc3c(N4CCOCC4)nc(N)nc32)CC1)OCCC(C)(C)C(=O)O. The van der Waals surface area contributed by atoms with Crippen LogP contribution in [0, 0.1) is 10.8 Å². The highest BCUT2D eigenvalue weighted by Gasteiger charge is 2.47. The van der Waals surface area contributed by atoms with Gasteiger partial charge in [0.2, 0.25) is 12.7 Å². The van der Waals surface area contributed by atoms with Gasteiger partial charge in [0, 0.05) is 13.1 Å². The maximum absolute atomic E-state index is 13.7. The van der Waals surface area contributed by atoms with Crippen molar-refractivity contribution < 1.29 is 42.5 Å². The molecule has 1 saturated carbocycles. The molecule has 0 amide bonds. The predicted molar refractivity (Wildman–Crippen MR) is 152 cm³/mol. The molecule has 2 aromatic heterocycles. The lowest BCUT2D eigenvalue weighted by atomic mass is 9.90. The average Bonchev–Trinajstić information content (AvgIpc) is 3.58. The van der Waals surface area contributed by atoms with Crippen molar-refractivity contribution in [2.24, 2.45) is 10.8 Å². The number of hydrogen-bond acceptors (Lipinski definition) is 13. The molecule has 16 heteroatoms. The first-order valence-corrected chi connectivity index (χ1v) is 15.6. The van der Waals surface area contributed by atoms with Gasteiger partial charge in [-0.05, 0) is 53.9 Å². The number of carboxylic acid groups (broad SMARTS) is 1. The van der Waals surface area contributed by atoms with Crippen molar-refractivity contribution in [3.05, 3.63) is 6.33 Å². The van der Waals surface area contributed by atoms with E-state index in [4.69, 9.17) is 29.0 Å². The van der Waals surface area contributed by atoms with Gasteiger partial charge in [-0.3, -0.25) is 18.7 Å². The highest BCUT2D eigenvalue weighted by atomic mass is 31.2. The first-order chi connectivity index (χ1) is 19.6. The number of anilines is 2. The molecule has 2 fully saturated rings. The van der Waals surface area contributed by atoms with Gasteiger partial charge >= 0.3 is 19.5 Å². The van der Waals surface area contributed by atoms with Crippen molar-refractivity contribution in [3.8, 4) is 0 Å². The fourth-order valence-corrected chi connectivity index (χ4v) is 5.34. The molecule has 15 nitrogen and oxygen atoms in total. The quantitative estimate of drug-likeness (QED) is 0.180. The number of carbonyl (C=O) groups excluding carboxylic acids is 1. The minimum Gasteiger partial charge on any atom is -0.481 e. The monoisotopic (exact) mass is 612 g/mol. The van der Waals surface area contributed by atoms with E-state index in [0.29, 0.717) is 62.7 Å². The predicted octanol–water partition coefficient (Wildman–Crippen LogP) is 3.03. The number of carbonyl (C=O) groups is 2. The zero-order chi connectivity index (χ0) is 30.8. The molecule has 42 heavy (non-hydrogen) atoms. The number of hydrogen-bond donors (Lipinski definition) is 2. The Morgan fingerprint density at radius 1 is 1.14 bits per heavy atom. The molecule has 1 aliphatic carbocycles. The van der Waals surface area contributed by atoms with Gasteiger partial charge in [0.1, 0.15) is 6.35 Å². The second kappa shape index (κ2) is 12.4. The number of morpholine rings is 1. The van der Waals surface area contributed by atoms with E-state index in [0.717, 1.165) is 0 Å². The van der Waals surface area contributed by atoms with E-state index < -0.39 is 49.1 Å². The molecule has 1 aliphatic heterocycles. The second-order valence-corrected chi connectivity index (χ2v) is 14.3. The number of aliphatic carboxylic acids is 1. The van der Waals surface area contributed by atoms with E-state index in [2.05, 4.69) is 19.9 Å². The van der Waals surface area contributed by atoms with Crippen LogP contribution >= 0.6 is 7.60 Å². The number of nitrogens with zero attached hydrogens (tertiary/aromatic N) is 5. The van der Waals surface area contributed by atoms with Gasteiger partial charge in [-0.2, -0.15) is 9.97 Å². The lowest BCUT2D eigenvalue weighted by molar-refractivity contribution is -0.160. The summed E-state index contributed by atoms with van der Waals surface area (Å²) in [7, 11) is -3.95. The van der Waals surface area contributed by atoms with Crippen LogP contribution in [0.5, 0.6) is 0 Å². The molecule has 0 radical (unpaired) electrons. The largest absolute Gasteiger partial charge is 0.481 e. The summed E-state index contributed by atoms with van der Waals surface area (Å²) in [5, 5.41) is 9.40. The Labute approximate surface area is 244 Å². The lowest BCUT2D eigenvalue weighted by Gasteiger charge is -2.28. The Morgan fingerprint density at radius 2 is 1.83 bits per heavy atom. The van der Waals surface area contributed by atoms with E-state index in [1.807, 2.05) is 4.57 Å². The molecule has 2 aliphatic rings. The molecule has 1 saturated heterocycles. The Balaban J connectivity index is 1.45. The van der Waals surface area contributed by atoms with Gasteiger partial charge in [-0.15, -0.1) is 0 Å². The number of nitrogens with two attached hydrogens (primary N) is 1. The zero-order valence-electron chi connectivity index (χ0n) is 24.8. The van der Waals surface area contributed by atoms with Crippen molar-refractivity contribution >= 4 is 42.5 Å². The van der Waals surface area contributed by atoms with Crippen LogP contribution in [0.4, 0.5) is 11.8 Å². The summed E-state index contributed by atoms with van der Waals surface area (Å²) in [5.41, 5.74) is 4.65. The van der Waals surface area contributed by atoms with Crippen molar-refractivity contribution in [1.82, 2.24) is 19.5 Å². The number of rotatable bonds is 14. The van der Waals surface area contributed by atoms with Crippen LogP contribution in [0.2, 0.25) is 0 Å². The van der Waals surface area contributed by atoms with E-state index in [9.17, 15) is 19.3 Å². The normalized spacial score (nSPS) is 18.5. The summed E-state index contributed by atoms with van der Waals surface area (Å²) in [4.78, 5) is 39.1. The van der Waals surface area contributed by atoms with E-state index in [-0.39, 0.29) is 19.0 Å². The minimum atomic E-state index is -3.95. The van der Waals surface area contributed by atoms with Gasteiger partial charge in [-0.1, -0.05) is 0 Å².